The molecular weight excluding hydrogens is 238 g/mol. The van der Waals surface area contributed by atoms with Crippen LogP contribution < -0.4 is 9.47 Å². The molecule has 0 radical (unpaired) electrons. The number of rotatable bonds is 4. The average Bonchev–Trinajstić information content (AvgIpc) is 2.81. The monoisotopic (exact) mass is 249 g/mol. The fourth-order valence-corrected chi connectivity index (χ4v) is 1.96. The van der Waals surface area contributed by atoms with Gasteiger partial charge in [0.2, 0.25) is 5.88 Å². The Morgan fingerprint density at radius 2 is 2.06 bits per heavy atom. The quantitative estimate of drug-likeness (QED) is 0.790. The number of hydrogen-bond acceptors (Lipinski definition) is 5. The molecule has 0 aliphatic heterocycles. The van der Waals surface area contributed by atoms with E-state index in [0.717, 1.165) is 0 Å². The molecule has 94 valence electrons. The number of carboxylic acid groups (broad SMARTS) is 1. The van der Waals surface area contributed by atoms with Crippen LogP contribution in [-0.2, 0) is 16.0 Å². The molecule has 0 unspecified atom stereocenters. The van der Waals surface area contributed by atoms with E-state index < -0.39 is 11.8 Å². The topological polar surface area (TPSA) is 85.7 Å². The summed E-state index contributed by atoms with van der Waals surface area (Å²) in [5, 5.41) is 8.78. The van der Waals surface area contributed by atoms with Gasteiger partial charge in [0.25, 0.3) is 5.78 Å². The number of aliphatic carboxylic acids is 1. The van der Waals surface area contributed by atoms with Crippen LogP contribution in [0.25, 0.3) is 5.57 Å². The normalized spacial score (nSPS) is 12.7. The molecule has 0 spiro atoms. The first-order valence-corrected chi connectivity index (χ1v) is 5.18. The molecule has 1 aliphatic rings. The minimum absolute atomic E-state index is 0.120. The van der Waals surface area contributed by atoms with Gasteiger partial charge in [0, 0.05) is 16.7 Å². The molecule has 6 nitrogen and oxygen atoms in total. The zero-order valence-corrected chi connectivity index (χ0v) is 9.89. The number of carbonyl (C=O) groups is 2. The number of hydrogen-bond donors (Lipinski definition) is 1. The third-order valence-electron chi connectivity index (χ3n) is 2.74. The maximum Gasteiger partial charge on any atom is 0.377 e. The predicted molar refractivity (Wildman–Crippen MR) is 61.7 cm³/mol. The SMILES string of the molecule is COc1cnc(OC)c2c1C(C(=O)C(=O)O)=CC2. The van der Waals surface area contributed by atoms with E-state index in [1.807, 2.05) is 0 Å². The molecule has 0 amide bonds. The fraction of sp³-hybridized carbons (Fsp3) is 0.250. The van der Waals surface area contributed by atoms with E-state index in [0.29, 0.717) is 29.2 Å². The van der Waals surface area contributed by atoms with E-state index in [4.69, 9.17) is 14.6 Å². The first kappa shape index (κ1) is 12.1. The van der Waals surface area contributed by atoms with E-state index >= 15 is 0 Å². The molecule has 0 fully saturated rings. The molecular formula is C12H11NO5. The minimum atomic E-state index is -1.49. The maximum atomic E-state index is 11.6. The molecule has 1 aromatic rings. The summed E-state index contributed by atoms with van der Waals surface area (Å²) >= 11 is 0. The largest absolute Gasteiger partial charge is 0.494 e. The fourth-order valence-electron chi connectivity index (χ4n) is 1.96. The van der Waals surface area contributed by atoms with Gasteiger partial charge in [0.15, 0.2) is 0 Å². The Hall–Kier alpha value is -2.37. The van der Waals surface area contributed by atoms with E-state index in [1.165, 1.54) is 20.4 Å². The summed E-state index contributed by atoms with van der Waals surface area (Å²) in [7, 11) is 2.90. The van der Waals surface area contributed by atoms with Gasteiger partial charge in [-0.05, 0) is 6.42 Å². The van der Waals surface area contributed by atoms with E-state index in [1.54, 1.807) is 6.08 Å². The molecule has 2 rings (SSSR count). The van der Waals surface area contributed by atoms with E-state index in [2.05, 4.69) is 4.98 Å². The molecule has 0 bridgehead atoms. The highest BCUT2D eigenvalue weighted by molar-refractivity contribution is 6.51. The smallest absolute Gasteiger partial charge is 0.377 e. The molecule has 1 N–H and O–H groups in total. The maximum absolute atomic E-state index is 11.6. The van der Waals surface area contributed by atoms with Gasteiger partial charge in [-0.15, -0.1) is 0 Å². The number of Topliss-reactive ketones (excluding diaryl/α,β-unsaturated/α-hetero) is 1. The lowest BCUT2D eigenvalue weighted by molar-refractivity contribution is -0.146. The average molecular weight is 249 g/mol. The zero-order chi connectivity index (χ0) is 13.3. The van der Waals surface area contributed by atoms with Gasteiger partial charge in [-0.2, -0.15) is 0 Å². The van der Waals surface area contributed by atoms with Crippen LogP contribution in [-0.4, -0.2) is 36.1 Å². The highest BCUT2D eigenvalue weighted by atomic mass is 16.5. The molecule has 0 aromatic carbocycles. The summed E-state index contributed by atoms with van der Waals surface area (Å²) in [6.07, 6.45) is 3.36. The van der Waals surface area contributed by atoms with Crippen molar-refractivity contribution >= 4 is 17.3 Å². The van der Waals surface area contributed by atoms with Crippen LogP contribution in [0.5, 0.6) is 11.6 Å². The number of ether oxygens (including phenoxy) is 2. The number of fused-ring (bicyclic) bond motifs is 1. The molecule has 0 saturated heterocycles. The van der Waals surface area contributed by atoms with Crippen LogP contribution in [0.3, 0.4) is 0 Å². The Bertz CT molecular complexity index is 562. The number of carboxylic acids is 1. The van der Waals surface area contributed by atoms with Crippen molar-refractivity contribution in [3.8, 4) is 11.6 Å². The molecule has 0 atom stereocenters. The molecule has 1 aromatic heterocycles. The van der Waals surface area contributed by atoms with Gasteiger partial charge in [0.05, 0.1) is 20.4 Å². The van der Waals surface area contributed by atoms with Gasteiger partial charge in [-0.1, -0.05) is 6.08 Å². The number of carbonyl (C=O) groups excluding carboxylic acids is 1. The predicted octanol–water partition coefficient (Wildman–Crippen LogP) is 0.692. The third kappa shape index (κ3) is 1.71. The van der Waals surface area contributed by atoms with Crippen LogP contribution in [0, 0.1) is 0 Å². The van der Waals surface area contributed by atoms with Crippen molar-refractivity contribution in [3.05, 3.63) is 23.4 Å². The van der Waals surface area contributed by atoms with Crippen LogP contribution in [0.2, 0.25) is 0 Å². The number of allylic oxidation sites excluding steroid dienone is 1. The number of pyridine rings is 1. The van der Waals surface area contributed by atoms with Gasteiger partial charge >= 0.3 is 5.97 Å². The lowest BCUT2D eigenvalue weighted by atomic mass is 10.0. The van der Waals surface area contributed by atoms with Crippen molar-refractivity contribution in [2.24, 2.45) is 0 Å². The van der Waals surface area contributed by atoms with Crippen LogP contribution >= 0.6 is 0 Å². The summed E-state index contributed by atoms with van der Waals surface area (Å²) in [6.45, 7) is 0. The summed E-state index contributed by atoms with van der Waals surface area (Å²) in [5.74, 6) is -1.72. The van der Waals surface area contributed by atoms with E-state index in [9.17, 15) is 9.59 Å². The van der Waals surface area contributed by atoms with Crippen molar-refractivity contribution in [3.63, 3.8) is 0 Å². The Balaban J connectivity index is 2.58. The second-order valence-corrected chi connectivity index (χ2v) is 3.65. The zero-order valence-electron chi connectivity index (χ0n) is 9.89. The lowest BCUT2D eigenvalue weighted by Crippen LogP contribution is -2.14. The van der Waals surface area contributed by atoms with Gasteiger partial charge in [-0.3, -0.25) is 4.79 Å². The first-order chi connectivity index (χ1) is 8.60. The highest BCUT2D eigenvalue weighted by Crippen LogP contribution is 2.39. The highest BCUT2D eigenvalue weighted by Gasteiger charge is 2.30. The minimum Gasteiger partial charge on any atom is -0.494 e. The molecule has 0 saturated carbocycles. The van der Waals surface area contributed by atoms with Gasteiger partial charge in [-0.25, -0.2) is 9.78 Å². The first-order valence-electron chi connectivity index (χ1n) is 5.18. The van der Waals surface area contributed by atoms with Crippen LogP contribution in [0.4, 0.5) is 0 Å². The summed E-state index contributed by atoms with van der Waals surface area (Å²) in [5.41, 5.74) is 1.24. The Kier molecular flexibility index (Phi) is 3.01. The van der Waals surface area contributed by atoms with Crippen molar-refractivity contribution < 1.29 is 24.2 Å². The van der Waals surface area contributed by atoms with Crippen LogP contribution in [0.1, 0.15) is 11.1 Å². The Morgan fingerprint density at radius 1 is 1.33 bits per heavy atom. The summed E-state index contributed by atoms with van der Waals surface area (Å²) < 4.78 is 10.2. The number of nitrogens with zero attached hydrogens (tertiary/aromatic N) is 1. The number of ketones is 1. The molecule has 18 heavy (non-hydrogen) atoms. The Morgan fingerprint density at radius 3 is 2.61 bits per heavy atom. The van der Waals surface area contributed by atoms with Gasteiger partial charge < -0.3 is 14.6 Å². The van der Waals surface area contributed by atoms with Gasteiger partial charge in [0.1, 0.15) is 5.75 Å². The van der Waals surface area contributed by atoms with Crippen molar-refractivity contribution in [1.29, 1.82) is 0 Å². The van der Waals surface area contributed by atoms with E-state index in [-0.39, 0.29) is 5.57 Å². The molecule has 1 aliphatic carbocycles. The molecule has 6 heteroatoms. The van der Waals surface area contributed by atoms with Crippen molar-refractivity contribution in [2.45, 2.75) is 6.42 Å². The second-order valence-electron chi connectivity index (χ2n) is 3.65. The Labute approximate surface area is 103 Å². The summed E-state index contributed by atoms with van der Waals surface area (Å²) in [4.78, 5) is 26.4. The van der Waals surface area contributed by atoms with Crippen molar-refractivity contribution in [1.82, 2.24) is 4.98 Å². The third-order valence-corrected chi connectivity index (χ3v) is 2.74. The van der Waals surface area contributed by atoms with Crippen molar-refractivity contribution in [2.75, 3.05) is 14.2 Å². The lowest BCUT2D eigenvalue weighted by Gasteiger charge is -2.11. The number of methoxy groups -OCH3 is 2. The number of aromatic nitrogens is 1. The standard InChI is InChI=1S/C12H11NO5/c1-17-8-5-13-11(18-2)7-4-3-6(9(7)8)10(14)12(15)16/h3,5H,4H2,1-2H3,(H,15,16). The second kappa shape index (κ2) is 4.48. The molecule has 1 heterocycles. The summed E-state index contributed by atoms with van der Waals surface area (Å²) in [6, 6.07) is 0. The van der Waals surface area contributed by atoms with Crippen LogP contribution in [0.15, 0.2) is 12.3 Å².